The van der Waals surface area contributed by atoms with E-state index in [-0.39, 0.29) is 24.6 Å². The molecule has 0 heterocycles. The number of carbonyl (C=O) groups excluding carboxylic acids is 2. The van der Waals surface area contributed by atoms with Gasteiger partial charge in [0.2, 0.25) is 9.04 Å². The van der Waals surface area contributed by atoms with E-state index in [1.807, 2.05) is 67.7 Å². The number of carbonyl (C=O) groups is 2. The average Bonchev–Trinajstić information content (AvgIpc) is 2.53. The molecule has 0 bridgehead atoms. The van der Waals surface area contributed by atoms with Gasteiger partial charge in [-0.2, -0.15) is 0 Å². The van der Waals surface area contributed by atoms with Crippen LogP contribution in [0.3, 0.4) is 0 Å². The summed E-state index contributed by atoms with van der Waals surface area (Å²) in [5.41, 5.74) is 2.82. The van der Waals surface area contributed by atoms with Crippen LogP contribution in [0, 0.1) is 0 Å². The van der Waals surface area contributed by atoms with E-state index in [1.165, 1.54) is 0 Å². The Labute approximate surface area is 132 Å². The molecule has 22 heavy (non-hydrogen) atoms. The molecule has 0 atom stereocenters. The van der Waals surface area contributed by atoms with Gasteiger partial charge in [0.1, 0.15) is 0 Å². The zero-order chi connectivity index (χ0) is 15.9. The predicted octanol–water partition coefficient (Wildman–Crippen LogP) is 3.84. The Hall–Kier alpha value is -2.20. The van der Waals surface area contributed by atoms with Crippen molar-refractivity contribution in [2.45, 2.75) is 25.9 Å². The summed E-state index contributed by atoms with van der Waals surface area (Å²) in [6.45, 7) is 3.87. The quantitative estimate of drug-likeness (QED) is 0.601. The minimum absolute atomic E-state index is 0.0259. The molecule has 0 aliphatic carbocycles. The lowest BCUT2D eigenvalue weighted by atomic mass is 10.0. The molecule has 0 radical (unpaired) electrons. The summed E-state index contributed by atoms with van der Waals surface area (Å²) in [6, 6.07) is 17.5. The first-order valence-electron chi connectivity index (χ1n) is 7.44. The maximum atomic E-state index is 12.1. The third kappa shape index (κ3) is 4.67. The number of Topliss-reactive ketones (excluding diaryl/α,β-unsaturated/α-hetero) is 1. The fraction of sp³-hybridized carbons (Fsp3) is 0.222. The van der Waals surface area contributed by atoms with Crippen LogP contribution in [-0.4, -0.2) is 20.8 Å². The number of benzene rings is 2. The minimum atomic E-state index is -1.37. The van der Waals surface area contributed by atoms with E-state index in [0.717, 1.165) is 11.1 Å². The molecule has 2 aromatic carbocycles. The van der Waals surface area contributed by atoms with Crippen LogP contribution in [0.15, 0.2) is 54.6 Å². The van der Waals surface area contributed by atoms with Crippen molar-refractivity contribution in [3.05, 3.63) is 60.2 Å². The molecular formula is C18H20O3Si. The lowest BCUT2D eigenvalue weighted by Gasteiger charge is -2.07. The number of hydrogen-bond donors (Lipinski definition) is 0. The zero-order valence-electron chi connectivity index (χ0n) is 12.9. The Kier molecular flexibility index (Phi) is 5.66. The van der Waals surface area contributed by atoms with Crippen LogP contribution in [0.2, 0.25) is 13.1 Å². The van der Waals surface area contributed by atoms with Crippen LogP contribution in [0.25, 0.3) is 11.1 Å². The minimum Gasteiger partial charge on any atom is -0.523 e. The molecule has 4 heteroatoms. The van der Waals surface area contributed by atoms with Crippen LogP contribution >= 0.6 is 0 Å². The first-order valence-corrected chi connectivity index (χ1v) is 10.2. The molecule has 0 aliphatic rings. The van der Waals surface area contributed by atoms with Gasteiger partial charge in [-0.1, -0.05) is 54.6 Å². The van der Waals surface area contributed by atoms with Crippen molar-refractivity contribution in [2.24, 2.45) is 0 Å². The van der Waals surface area contributed by atoms with Crippen LogP contribution in [0.1, 0.15) is 23.2 Å². The van der Waals surface area contributed by atoms with Gasteiger partial charge in [-0.15, -0.1) is 0 Å². The monoisotopic (exact) mass is 312 g/mol. The molecule has 0 aromatic heterocycles. The normalized spacial score (nSPS) is 10.5. The maximum Gasteiger partial charge on any atom is 0.292 e. The summed E-state index contributed by atoms with van der Waals surface area (Å²) in [6.07, 6.45) is 0.356. The summed E-state index contributed by atoms with van der Waals surface area (Å²) >= 11 is 0. The molecule has 0 fully saturated rings. The van der Waals surface area contributed by atoms with Gasteiger partial charge in [0.25, 0.3) is 5.97 Å². The van der Waals surface area contributed by atoms with Gasteiger partial charge in [-0.05, 0) is 24.2 Å². The smallest absolute Gasteiger partial charge is 0.292 e. The van der Waals surface area contributed by atoms with E-state index in [1.54, 1.807) is 0 Å². The first kappa shape index (κ1) is 16.2. The average molecular weight is 312 g/mol. The summed E-state index contributed by atoms with van der Waals surface area (Å²) in [7, 11) is -1.37. The fourth-order valence-corrected chi connectivity index (χ4v) is 2.80. The largest absolute Gasteiger partial charge is 0.523 e. The van der Waals surface area contributed by atoms with E-state index in [9.17, 15) is 9.59 Å². The van der Waals surface area contributed by atoms with Crippen molar-refractivity contribution in [3.8, 4) is 11.1 Å². The van der Waals surface area contributed by atoms with E-state index >= 15 is 0 Å². The SMILES string of the molecule is C[SiH](C)OC(=O)CCC(=O)c1ccc(-c2ccccc2)cc1. The second-order valence-electron chi connectivity index (χ2n) is 5.41. The number of hydrogen-bond acceptors (Lipinski definition) is 3. The van der Waals surface area contributed by atoms with Crippen LogP contribution in [-0.2, 0) is 9.22 Å². The van der Waals surface area contributed by atoms with Gasteiger partial charge in [0.05, 0.1) is 6.42 Å². The number of rotatable bonds is 6. The fourth-order valence-electron chi connectivity index (χ4n) is 2.16. The van der Waals surface area contributed by atoms with Gasteiger partial charge in [-0.25, -0.2) is 0 Å². The summed E-state index contributed by atoms with van der Waals surface area (Å²) < 4.78 is 5.16. The molecule has 0 saturated heterocycles. The highest BCUT2D eigenvalue weighted by Crippen LogP contribution is 2.19. The molecule has 0 aliphatic heterocycles. The topological polar surface area (TPSA) is 43.4 Å². The lowest BCUT2D eigenvalue weighted by molar-refractivity contribution is -0.134. The Morgan fingerprint density at radius 1 is 0.864 bits per heavy atom. The van der Waals surface area contributed by atoms with Gasteiger partial charge in [-0.3, -0.25) is 9.59 Å². The third-order valence-corrected chi connectivity index (χ3v) is 3.97. The molecule has 0 spiro atoms. The highest BCUT2D eigenvalue weighted by molar-refractivity contribution is 6.50. The summed E-state index contributed by atoms with van der Waals surface area (Å²) in [4.78, 5) is 23.6. The Balaban J connectivity index is 1.95. The summed E-state index contributed by atoms with van der Waals surface area (Å²) in [5.74, 6) is -0.294. The van der Waals surface area contributed by atoms with Gasteiger partial charge < -0.3 is 4.43 Å². The Bertz CT molecular complexity index is 633. The molecule has 114 valence electrons. The third-order valence-electron chi connectivity index (χ3n) is 3.24. The van der Waals surface area contributed by atoms with Gasteiger partial charge in [0.15, 0.2) is 5.78 Å². The maximum absolute atomic E-state index is 12.1. The van der Waals surface area contributed by atoms with Crippen molar-refractivity contribution in [1.82, 2.24) is 0 Å². The number of ketones is 1. The molecule has 0 amide bonds. The van der Waals surface area contributed by atoms with Crippen molar-refractivity contribution < 1.29 is 14.0 Å². The molecule has 0 N–H and O–H groups in total. The molecule has 0 unspecified atom stereocenters. The molecule has 0 saturated carbocycles. The second-order valence-corrected chi connectivity index (χ2v) is 7.74. The van der Waals surface area contributed by atoms with Crippen LogP contribution in [0.5, 0.6) is 0 Å². The van der Waals surface area contributed by atoms with Crippen molar-refractivity contribution in [3.63, 3.8) is 0 Å². The van der Waals surface area contributed by atoms with Crippen LogP contribution < -0.4 is 0 Å². The predicted molar refractivity (Wildman–Crippen MR) is 90.4 cm³/mol. The van der Waals surface area contributed by atoms with Gasteiger partial charge in [0, 0.05) is 12.0 Å². The van der Waals surface area contributed by atoms with Gasteiger partial charge >= 0.3 is 0 Å². The molecule has 2 aromatic rings. The standard InChI is InChI=1S/C18H20O3Si/c1-22(2)21-18(20)13-12-17(19)16-10-8-15(9-11-16)14-6-4-3-5-7-14/h3-11,22H,12-13H2,1-2H3. The highest BCUT2D eigenvalue weighted by Gasteiger charge is 2.11. The second kappa shape index (κ2) is 7.71. The molecule has 3 nitrogen and oxygen atoms in total. The van der Waals surface area contributed by atoms with E-state index in [4.69, 9.17) is 4.43 Å². The van der Waals surface area contributed by atoms with Crippen molar-refractivity contribution in [1.29, 1.82) is 0 Å². The van der Waals surface area contributed by atoms with Crippen LogP contribution in [0.4, 0.5) is 0 Å². The van der Waals surface area contributed by atoms with Crippen molar-refractivity contribution >= 4 is 20.8 Å². The lowest BCUT2D eigenvalue weighted by Crippen LogP contribution is -2.16. The van der Waals surface area contributed by atoms with Crippen molar-refractivity contribution in [2.75, 3.05) is 0 Å². The zero-order valence-corrected chi connectivity index (χ0v) is 14.1. The first-order chi connectivity index (χ1) is 10.6. The summed E-state index contributed by atoms with van der Waals surface area (Å²) in [5, 5.41) is 0. The van der Waals surface area contributed by atoms with E-state index in [0.29, 0.717) is 5.56 Å². The molecular weight excluding hydrogens is 292 g/mol. The molecule has 2 rings (SSSR count). The van der Waals surface area contributed by atoms with E-state index < -0.39 is 9.04 Å². The highest BCUT2D eigenvalue weighted by atomic mass is 28.3. The Morgan fingerprint density at radius 3 is 2.05 bits per heavy atom. The Morgan fingerprint density at radius 2 is 1.45 bits per heavy atom. The van der Waals surface area contributed by atoms with E-state index in [2.05, 4.69) is 0 Å².